The lowest BCUT2D eigenvalue weighted by molar-refractivity contribution is 0.0177. The van der Waals surface area contributed by atoms with E-state index in [-0.39, 0.29) is 34.8 Å². The number of sulfonamides is 1. The second-order valence-corrected chi connectivity index (χ2v) is 8.15. The van der Waals surface area contributed by atoms with Gasteiger partial charge in [-0.15, -0.1) is 0 Å². The number of hydrogen-bond acceptors (Lipinski definition) is 5. The van der Waals surface area contributed by atoms with Gasteiger partial charge in [-0.1, -0.05) is 11.6 Å². The molecular weight excluding hydrogens is 354 g/mol. The van der Waals surface area contributed by atoms with Gasteiger partial charge in [0.2, 0.25) is 10.0 Å². The topological polar surface area (TPSA) is 72.9 Å². The molecule has 0 atom stereocenters. The highest BCUT2D eigenvalue weighted by atomic mass is 35.5. The van der Waals surface area contributed by atoms with E-state index < -0.39 is 16.0 Å². The van der Waals surface area contributed by atoms with Crippen LogP contribution in [0.15, 0.2) is 23.1 Å². The van der Waals surface area contributed by atoms with Gasteiger partial charge in [-0.25, -0.2) is 13.2 Å². The van der Waals surface area contributed by atoms with Crippen molar-refractivity contribution in [2.24, 2.45) is 0 Å². The van der Waals surface area contributed by atoms with Gasteiger partial charge in [-0.05, 0) is 44.9 Å². The van der Waals surface area contributed by atoms with Gasteiger partial charge in [0.05, 0.1) is 28.2 Å². The average molecular weight is 376 g/mol. The molecule has 0 unspecified atom stereocenters. The van der Waals surface area contributed by atoms with Crippen molar-refractivity contribution in [2.45, 2.75) is 37.7 Å². The molecule has 0 amide bonds. The Bertz CT molecular complexity index is 684. The first-order valence-corrected chi connectivity index (χ1v) is 9.72. The smallest absolute Gasteiger partial charge is 0.339 e. The zero-order valence-corrected chi connectivity index (χ0v) is 15.4. The molecule has 1 aliphatic rings. The number of benzene rings is 1. The molecule has 2 rings (SSSR count). The lowest BCUT2D eigenvalue weighted by Gasteiger charge is -2.16. The molecule has 0 spiro atoms. The largest absolute Gasteiger partial charge is 0.460 e. The van der Waals surface area contributed by atoms with Crippen LogP contribution in [0, 0.1) is 0 Å². The van der Waals surface area contributed by atoms with Crippen LogP contribution in [0.1, 0.15) is 37.0 Å². The number of rotatable bonds is 7. The van der Waals surface area contributed by atoms with E-state index in [9.17, 15) is 13.2 Å². The molecule has 1 aromatic carbocycles. The Morgan fingerprint density at radius 2 is 1.92 bits per heavy atom. The van der Waals surface area contributed by atoms with E-state index in [2.05, 4.69) is 0 Å². The quantitative estimate of drug-likeness (QED) is 0.541. The van der Waals surface area contributed by atoms with Crippen molar-refractivity contribution in [3.63, 3.8) is 0 Å². The van der Waals surface area contributed by atoms with Crippen LogP contribution >= 0.6 is 11.6 Å². The lowest BCUT2D eigenvalue weighted by atomic mass is 10.2. The zero-order chi connectivity index (χ0) is 17.7. The van der Waals surface area contributed by atoms with Gasteiger partial charge in [0.25, 0.3) is 0 Å². The molecule has 0 bridgehead atoms. The van der Waals surface area contributed by atoms with E-state index in [1.807, 2.05) is 13.8 Å². The highest BCUT2D eigenvalue weighted by Gasteiger charge is 2.28. The van der Waals surface area contributed by atoms with Crippen molar-refractivity contribution in [1.29, 1.82) is 0 Å². The minimum Gasteiger partial charge on any atom is -0.460 e. The molecule has 1 fully saturated rings. The van der Waals surface area contributed by atoms with E-state index in [0.717, 1.165) is 12.8 Å². The molecule has 1 saturated heterocycles. The van der Waals surface area contributed by atoms with Crippen LogP contribution in [0.25, 0.3) is 0 Å². The maximum absolute atomic E-state index is 12.6. The summed E-state index contributed by atoms with van der Waals surface area (Å²) in [5.41, 5.74) is 0.0430. The van der Waals surface area contributed by atoms with Crippen molar-refractivity contribution < 1.29 is 22.7 Å². The fourth-order valence-electron chi connectivity index (χ4n) is 2.39. The number of nitrogens with zero attached hydrogens (tertiary/aromatic N) is 1. The molecule has 24 heavy (non-hydrogen) atoms. The first kappa shape index (κ1) is 19.2. The van der Waals surface area contributed by atoms with Crippen LogP contribution in [0.2, 0.25) is 5.02 Å². The van der Waals surface area contributed by atoms with Crippen molar-refractivity contribution >= 4 is 27.6 Å². The maximum Gasteiger partial charge on any atom is 0.339 e. The summed E-state index contributed by atoms with van der Waals surface area (Å²) < 4.78 is 36.9. The van der Waals surface area contributed by atoms with Crippen LogP contribution < -0.4 is 0 Å². The number of carbonyl (C=O) groups excluding carboxylic acids is 1. The first-order valence-electron chi connectivity index (χ1n) is 7.91. The molecule has 0 saturated carbocycles. The minimum absolute atomic E-state index is 0.0428. The highest BCUT2D eigenvalue weighted by molar-refractivity contribution is 7.89. The number of halogens is 1. The van der Waals surface area contributed by atoms with Crippen LogP contribution in [0.4, 0.5) is 0 Å². The maximum atomic E-state index is 12.6. The van der Waals surface area contributed by atoms with Crippen LogP contribution in [0.3, 0.4) is 0 Å². The van der Waals surface area contributed by atoms with Gasteiger partial charge in [0.1, 0.15) is 6.61 Å². The Morgan fingerprint density at radius 3 is 2.54 bits per heavy atom. The Balaban J connectivity index is 2.12. The third-order valence-corrected chi connectivity index (χ3v) is 5.85. The summed E-state index contributed by atoms with van der Waals surface area (Å²) in [5, 5.41) is 0.158. The summed E-state index contributed by atoms with van der Waals surface area (Å²) in [7, 11) is -3.61. The molecule has 0 aromatic heterocycles. The van der Waals surface area contributed by atoms with Gasteiger partial charge >= 0.3 is 5.97 Å². The summed E-state index contributed by atoms with van der Waals surface area (Å²) in [4.78, 5) is 12.2. The summed E-state index contributed by atoms with van der Waals surface area (Å²) in [5.74, 6) is -0.661. The second kappa shape index (κ2) is 8.29. The van der Waals surface area contributed by atoms with Crippen molar-refractivity contribution in [2.75, 3.05) is 26.3 Å². The predicted octanol–water partition coefficient (Wildman–Crippen LogP) is 2.71. The van der Waals surface area contributed by atoms with Crippen molar-refractivity contribution in [3.05, 3.63) is 28.8 Å². The predicted molar refractivity (Wildman–Crippen MR) is 90.8 cm³/mol. The van der Waals surface area contributed by atoms with Gasteiger partial charge in [-0.3, -0.25) is 0 Å². The van der Waals surface area contributed by atoms with Gasteiger partial charge in [0.15, 0.2) is 0 Å². The third kappa shape index (κ3) is 4.69. The second-order valence-electron chi connectivity index (χ2n) is 5.81. The molecule has 1 aliphatic heterocycles. The normalized spacial score (nSPS) is 15.8. The summed E-state index contributed by atoms with van der Waals surface area (Å²) >= 11 is 6.02. The Labute approximate surface area is 147 Å². The molecular formula is C16H22ClNO5S. The van der Waals surface area contributed by atoms with E-state index in [1.54, 1.807) is 0 Å². The van der Waals surface area contributed by atoms with Crippen LogP contribution in [-0.2, 0) is 19.5 Å². The van der Waals surface area contributed by atoms with Crippen molar-refractivity contribution in [3.8, 4) is 0 Å². The van der Waals surface area contributed by atoms with Crippen LogP contribution in [0.5, 0.6) is 0 Å². The fraction of sp³-hybridized carbons (Fsp3) is 0.562. The SMILES string of the molecule is CC(C)OCCOC(=O)c1cc(S(=O)(=O)N2CCCC2)ccc1Cl. The van der Waals surface area contributed by atoms with E-state index in [0.29, 0.717) is 13.1 Å². The summed E-state index contributed by atoms with van der Waals surface area (Å²) in [6.07, 6.45) is 1.73. The third-order valence-electron chi connectivity index (χ3n) is 3.63. The number of esters is 1. The monoisotopic (exact) mass is 375 g/mol. The Morgan fingerprint density at radius 1 is 1.25 bits per heavy atom. The van der Waals surface area contributed by atoms with E-state index >= 15 is 0 Å². The molecule has 6 nitrogen and oxygen atoms in total. The summed E-state index contributed by atoms with van der Waals surface area (Å²) in [6, 6.07) is 4.10. The fourth-order valence-corrected chi connectivity index (χ4v) is 4.13. The average Bonchev–Trinajstić information content (AvgIpc) is 3.06. The Hall–Kier alpha value is -1.15. The lowest BCUT2D eigenvalue weighted by Crippen LogP contribution is -2.28. The molecule has 1 aromatic rings. The minimum atomic E-state index is -3.61. The number of carbonyl (C=O) groups is 1. The molecule has 1 heterocycles. The van der Waals surface area contributed by atoms with Gasteiger partial charge in [0, 0.05) is 13.1 Å². The highest BCUT2D eigenvalue weighted by Crippen LogP contribution is 2.25. The van der Waals surface area contributed by atoms with E-state index in [4.69, 9.17) is 21.1 Å². The summed E-state index contributed by atoms with van der Waals surface area (Å²) in [6.45, 7) is 5.11. The zero-order valence-electron chi connectivity index (χ0n) is 13.8. The standard InChI is InChI=1S/C16H22ClNO5S/c1-12(2)22-9-10-23-16(19)14-11-13(5-6-15(14)17)24(20,21)18-7-3-4-8-18/h5-6,11-12H,3-4,7-10H2,1-2H3. The number of ether oxygens (including phenoxy) is 2. The first-order chi connectivity index (χ1) is 11.3. The molecule has 8 heteroatoms. The van der Waals surface area contributed by atoms with E-state index in [1.165, 1.54) is 22.5 Å². The molecule has 0 aliphatic carbocycles. The Kier molecular flexibility index (Phi) is 6.62. The van der Waals surface area contributed by atoms with Crippen molar-refractivity contribution in [1.82, 2.24) is 4.31 Å². The molecule has 0 N–H and O–H groups in total. The van der Waals surface area contributed by atoms with Gasteiger partial charge in [-0.2, -0.15) is 4.31 Å². The van der Waals surface area contributed by atoms with Gasteiger partial charge < -0.3 is 9.47 Å². The molecule has 0 radical (unpaired) electrons. The number of hydrogen-bond donors (Lipinski definition) is 0. The molecule has 134 valence electrons. The van der Waals surface area contributed by atoms with Crippen LogP contribution in [-0.4, -0.2) is 51.1 Å².